The Morgan fingerprint density at radius 2 is 2.00 bits per heavy atom. The Morgan fingerprint density at radius 1 is 1.18 bits per heavy atom. The van der Waals surface area contributed by atoms with Crippen LogP contribution in [0.1, 0.15) is 29.5 Å². The maximum atomic E-state index is 9.84. The second kappa shape index (κ2) is 7.42. The monoisotopic (exact) mass is 376 g/mol. The summed E-state index contributed by atoms with van der Waals surface area (Å²) in [5, 5.41) is 13.6. The van der Waals surface area contributed by atoms with Crippen molar-refractivity contribution in [2.24, 2.45) is 0 Å². The number of hydrogen-bond acceptors (Lipinski definition) is 4. The van der Waals surface area contributed by atoms with E-state index in [0.29, 0.717) is 0 Å². The Hall–Kier alpha value is -2.62. The molecule has 1 aliphatic carbocycles. The Balaban J connectivity index is 1.49. The minimum Gasteiger partial charge on any atom is -0.371 e. The molecule has 5 rings (SSSR count). The predicted molar refractivity (Wildman–Crippen MR) is 109 cm³/mol. The summed E-state index contributed by atoms with van der Waals surface area (Å²) in [7, 11) is 0. The van der Waals surface area contributed by atoms with Crippen molar-refractivity contribution in [1.82, 2.24) is 9.38 Å². The summed E-state index contributed by atoms with van der Waals surface area (Å²) in [6.07, 6.45) is 4.24. The van der Waals surface area contributed by atoms with Crippen LogP contribution >= 0.6 is 0 Å². The number of ether oxygens (including phenoxy) is 1. The number of morpholine rings is 1. The SMILES string of the molecule is N#Cc1c2c(c(NCCC[NH+]3CCOCC3)n3c1nc1ccccc13)CCC2. The smallest absolute Gasteiger partial charge is 0.157 e. The van der Waals surface area contributed by atoms with Gasteiger partial charge in [-0.25, -0.2) is 4.98 Å². The van der Waals surface area contributed by atoms with E-state index in [-0.39, 0.29) is 0 Å². The van der Waals surface area contributed by atoms with Gasteiger partial charge in [0.1, 0.15) is 25.0 Å². The molecule has 3 aromatic rings. The summed E-state index contributed by atoms with van der Waals surface area (Å²) in [5.41, 5.74) is 6.09. The van der Waals surface area contributed by atoms with Crippen LogP contribution in [0.2, 0.25) is 0 Å². The van der Waals surface area contributed by atoms with Crippen LogP contribution in [0.4, 0.5) is 5.82 Å². The second-order valence-electron chi connectivity index (χ2n) is 7.80. The van der Waals surface area contributed by atoms with Crippen LogP contribution in [0, 0.1) is 11.3 Å². The van der Waals surface area contributed by atoms with Gasteiger partial charge in [-0.15, -0.1) is 0 Å². The van der Waals surface area contributed by atoms with E-state index in [1.807, 2.05) is 18.2 Å². The molecule has 1 aromatic carbocycles. The average molecular weight is 376 g/mol. The first-order valence-corrected chi connectivity index (χ1v) is 10.4. The molecule has 0 radical (unpaired) electrons. The standard InChI is InChI=1S/C22H25N5O/c23-15-18-16-5-3-6-17(16)21(24-9-4-10-26-11-13-28-14-12-26)27-20-8-2-1-7-19(20)25-22(18)27/h1-2,7-8,24H,3-6,9-14H2/p+1. The Morgan fingerprint density at radius 3 is 2.86 bits per heavy atom. The Kier molecular flexibility index (Phi) is 4.63. The summed E-state index contributed by atoms with van der Waals surface area (Å²) < 4.78 is 7.63. The fourth-order valence-corrected chi connectivity index (χ4v) is 4.73. The van der Waals surface area contributed by atoms with Gasteiger partial charge in [0.25, 0.3) is 0 Å². The fraction of sp³-hybridized carbons (Fsp3) is 0.455. The van der Waals surface area contributed by atoms with Gasteiger partial charge in [0.15, 0.2) is 5.65 Å². The summed E-state index contributed by atoms with van der Waals surface area (Å²) in [4.78, 5) is 6.44. The van der Waals surface area contributed by atoms with Crippen molar-refractivity contribution < 1.29 is 9.64 Å². The van der Waals surface area contributed by atoms with Gasteiger partial charge >= 0.3 is 0 Å². The largest absolute Gasteiger partial charge is 0.371 e. The first-order valence-electron chi connectivity index (χ1n) is 10.4. The third-order valence-electron chi connectivity index (χ3n) is 6.12. The van der Waals surface area contributed by atoms with Gasteiger partial charge in [-0.1, -0.05) is 12.1 Å². The number of nitrogens with one attached hydrogen (secondary N) is 2. The van der Waals surface area contributed by atoms with E-state index in [0.717, 1.165) is 86.6 Å². The van der Waals surface area contributed by atoms with Crippen LogP contribution in [-0.2, 0) is 17.6 Å². The molecule has 144 valence electrons. The highest BCUT2D eigenvalue weighted by Crippen LogP contribution is 2.36. The number of para-hydroxylation sites is 2. The normalized spacial score (nSPS) is 17.1. The maximum Gasteiger partial charge on any atom is 0.157 e. The average Bonchev–Trinajstić information content (AvgIpc) is 3.36. The number of nitriles is 1. The molecule has 1 aliphatic heterocycles. The molecular weight excluding hydrogens is 350 g/mol. The van der Waals surface area contributed by atoms with E-state index in [1.165, 1.54) is 17.7 Å². The number of anilines is 1. The lowest BCUT2D eigenvalue weighted by Crippen LogP contribution is -3.14. The number of rotatable bonds is 5. The van der Waals surface area contributed by atoms with Crippen LogP contribution in [0.25, 0.3) is 16.7 Å². The van der Waals surface area contributed by atoms with Crippen LogP contribution < -0.4 is 10.2 Å². The first kappa shape index (κ1) is 17.5. The zero-order chi connectivity index (χ0) is 18.9. The van der Waals surface area contributed by atoms with E-state index < -0.39 is 0 Å². The molecule has 6 nitrogen and oxygen atoms in total. The molecule has 0 atom stereocenters. The lowest BCUT2D eigenvalue weighted by Gasteiger charge is -2.24. The van der Waals surface area contributed by atoms with E-state index in [9.17, 15) is 5.26 Å². The molecule has 0 unspecified atom stereocenters. The van der Waals surface area contributed by atoms with Gasteiger partial charge in [-0.2, -0.15) is 5.26 Å². The number of aromatic nitrogens is 2. The van der Waals surface area contributed by atoms with Crippen molar-refractivity contribution in [3.63, 3.8) is 0 Å². The number of benzene rings is 1. The molecule has 3 heterocycles. The molecule has 28 heavy (non-hydrogen) atoms. The number of pyridine rings is 1. The molecule has 0 bridgehead atoms. The quantitative estimate of drug-likeness (QED) is 0.664. The lowest BCUT2D eigenvalue weighted by atomic mass is 10.1. The number of imidazole rings is 1. The molecule has 0 amide bonds. The zero-order valence-corrected chi connectivity index (χ0v) is 16.1. The van der Waals surface area contributed by atoms with Gasteiger partial charge in [-0.3, -0.25) is 4.40 Å². The minimum absolute atomic E-state index is 0.756. The van der Waals surface area contributed by atoms with Crippen molar-refractivity contribution in [1.29, 1.82) is 5.26 Å². The molecular formula is C22H26N5O+. The summed E-state index contributed by atoms with van der Waals surface area (Å²) in [6, 6.07) is 10.6. The minimum atomic E-state index is 0.756. The van der Waals surface area contributed by atoms with Gasteiger partial charge in [0, 0.05) is 13.0 Å². The summed E-state index contributed by atoms with van der Waals surface area (Å²) >= 11 is 0. The molecule has 0 spiro atoms. The van der Waals surface area contributed by atoms with Gasteiger partial charge in [0.2, 0.25) is 0 Å². The highest BCUT2D eigenvalue weighted by atomic mass is 16.5. The van der Waals surface area contributed by atoms with Gasteiger partial charge < -0.3 is 15.0 Å². The summed E-state index contributed by atoms with van der Waals surface area (Å²) in [6.45, 7) is 6.10. The Bertz CT molecular complexity index is 1060. The van der Waals surface area contributed by atoms with Crippen LogP contribution in [0.3, 0.4) is 0 Å². The van der Waals surface area contributed by atoms with Crippen molar-refractivity contribution >= 4 is 22.5 Å². The van der Waals surface area contributed by atoms with Crippen LogP contribution in [0.15, 0.2) is 24.3 Å². The van der Waals surface area contributed by atoms with E-state index in [1.54, 1.807) is 4.90 Å². The van der Waals surface area contributed by atoms with Crippen LogP contribution in [-0.4, -0.2) is 48.8 Å². The van der Waals surface area contributed by atoms with E-state index >= 15 is 0 Å². The number of hydrogen-bond donors (Lipinski definition) is 2. The molecule has 1 saturated heterocycles. The van der Waals surface area contributed by atoms with E-state index in [2.05, 4.69) is 21.9 Å². The summed E-state index contributed by atoms with van der Waals surface area (Å²) in [5.74, 6) is 1.15. The number of fused-ring (bicyclic) bond motifs is 4. The second-order valence-corrected chi connectivity index (χ2v) is 7.80. The topological polar surface area (TPSA) is 66.8 Å². The fourth-order valence-electron chi connectivity index (χ4n) is 4.73. The first-order chi connectivity index (χ1) is 13.9. The highest BCUT2D eigenvalue weighted by molar-refractivity contribution is 5.86. The predicted octanol–water partition coefficient (Wildman–Crippen LogP) is 1.56. The van der Waals surface area contributed by atoms with Crippen molar-refractivity contribution in [2.45, 2.75) is 25.7 Å². The molecule has 2 N–H and O–H groups in total. The number of quaternary nitrogens is 1. The molecule has 2 aliphatic rings. The van der Waals surface area contributed by atoms with Crippen LogP contribution in [0.5, 0.6) is 0 Å². The molecule has 0 saturated carbocycles. The third kappa shape index (κ3) is 2.92. The lowest BCUT2D eigenvalue weighted by molar-refractivity contribution is -0.908. The zero-order valence-electron chi connectivity index (χ0n) is 16.1. The number of nitrogens with zero attached hydrogens (tertiary/aromatic N) is 3. The van der Waals surface area contributed by atoms with E-state index in [4.69, 9.17) is 9.72 Å². The van der Waals surface area contributed by atoms with Crippen molar-refractivity contribution in [3.05, 3.63) is 41.0 Å². The van der Waals surface area contributed by atoms with Crippen molar-refractivity contribution in [3.8, 4) is 6.07 Å². The molecule has 2 aromatic heterocycles. The van der Waals surface area contributed by atoms with Crippen molar-refractivity contribution in [2.75, 3.05) is 44.7 Å². The maximum absolute atomic E-state index is 9.84. The van der Waals surface area contributed by atoms with Gasteiger partial charge in [0.05, 0.1) is 36.4 Å². The molecule has 1 fully saturated rings. The van der Waals surface area contributed by atoms with Gasteiger partial charge in [-0.05, 0) is 42.5 Å². The highest BCUT2D eigenvalue weighted by Gasteiger charge is 2.25. The Labute approximate surface area is 164 Å². The third-order valence-corrected chi connectivity index (χ3v) is 6.12. The molecule has 6 heteroatoms.